The molecule has 1 aliphatic rings. The van der Waals surface area contributed by atoms with Crippen LogP contribution in [0.1, 0.15) is 18.1 Å². The van der Waals surface area contributed by atoms with Crippen LogP contribution in [-0.4, -0.2) is 13.6 Å². The minimum absolute atomic E-state index is 0.692. The molecule has 1 aromatic heterocycles. The van der Waals surface area contributed by atoms with Gasteiger partial charge in [-0.15, -0.1) is 0 Å². The van der Waals surface area contributed by atoms with Gasteiger partial charge in [0.1, 0.15) is 5.76 Å². The first-order valence-corrected chi connectivity index (χ1v) is 4.10. The van der Waals surface area contributed by atoms with E-state index in [9.17, 15) is 0 Å². The smallest absolute Gasteiger partial charge is 0.107 e. The van der Waals surface area contributed by atoms with Gasteiger partial charge in [-0.3, -0.25) is 0 Å². The molecule has 0 spiro atoms. The number of hydrogen-bond donors (Lipinski definition) is 1. The zero-order valence-electron chi connectivity index (χ0n) is 6.71. The normalized spacial score (nSPS) is 28.8. The summed E-state index contributed by atoms with van der Waals surface area (Å²) in [5, 5.41) is 3.18. The van der Waals surface area contributed by atoms with Crippen molar-refractivity contribution in [2.75, 3.05) is 13.6 Å². The summed E-state index contributed by atoms with van der Waals surface area (Å²) in [7, 11) is 2.00. The summed E-state index contributed by atoms with van der Waals surface area (Å²) in [4.78, 5) is 0. The Balaban J connectivity index is 1.92. The van der Waals surface area contributed by atoms with Crippen LogP contribution in [0.5, 0.6) is 0 Å². The summed E-state index contributed by atoms with van der Waals surface area (Å²) in [6.45, 7) is 1.12. The van der Waals surface area contributed by atoms with E-state index in [2.05, 4.69) is 11.4 Å². The van der Waals surface area contributed by atoms with Gasteiger partial charge >= 0.3 is 0 Å². The van der Waals surface area contributed by atoms with E-state index in [0.29, 0.717) is 5.92 Å². The molecule has 60 valence electrons. The highest BCUT2D eigenvalue weighted by Crippen LogP contribution is 2.46. The molecule has 1 aliphatic carbocycles. The Hall–Kier alpha value is -0.760. The molecule has 2 rings (SSSR count). The molecule has 0 bridgehead atoms. The third kappa shape index (κ3) is 1.31. The first-order chi connectivity index (χ1) is 5.42. The Morgan fingerprint density at radius 2 is 2.64 bits per heavy atom. The van der Waals surface area contributed by atoms with Gasteiger partial charge in [-0.25, -0.2) is 0 Å². The predicted octanol–water partition coefficient (Wildman–Crippen LogP) is 1.60. The van der Waals surface area contributed by atoms with Gasteiger partial charge in [0.15, 0.2) is 0 Å². The lowest BCUT2D eigenvalue weighted by Gasteiger charge is -1.94. The van der Waals surface area contributed by atoms with E-state index < -0.39 is 0 Å². The maximum atomic E-state index is 5.31. The second-order valence-electron chi connectivity index (χ2n) is 3.18. The van der Waals surface area contributed by atoms with E-state index >= 15 is 0 Å². The number of hydrogen-bond acceptors (Lipinski definition) is 2. The lowest BCUT2D eigenvalue weighted by atomic mass is 10.2. The first kappa shape index (κ1) is 6.92. The monoisotopic (exact) mass is 151 g/mol. The number of nitrogens with one attached hydrogen (secondary N) is 1. The minimum Gasteiger partial charge on any atom is -0.469 e. The SMILES string of the molecule is CNCC1CC1c1ccco1. The van der Waals surface area contributed by atoms with Crippen molar-refractivity contribution in [3.63, 3.8) is 0 Å². The zero-order chi connectivity index (χ0) is 7.68. The molecule has 0 aliphatic heterocycles. The van der Waals surface area contributed by atoms with Crippen LogP contribution in [-0.2, 0) is 0 Å². The Bertz CT molecular complexity index is 217. The Kier molecular flexibility index (Phi) is 1.70. The van der Waals surface area contributed by atoms with Crippen LogP contribution in [0.3, 0.4) is 0 Å². The van der Waals surface area contributed by atoms with E-state index in [1.54, 1.807) is 6.26 Å². The minimum atomic E-state index is 0.692. The van der Waals surface area contributed by atoms with E-state index in [-0.39, 0.29) is 0 Å². The molecule has 11 heavy (non-hydrogen) atoms. The van der Waals surface area contributed by atoms with Crippen LogP contribution in [0.15, 0.2) is 22.8 Å². The summed E-state index contributed by atoms with van der Waals surface area (Å²) in [6, 6.07) is 4.03. The number of furan rings is 1. The third-order valence-corrected chi connectivity index (χ3v) is 2.30. The Labute approximate surface area is 66.6 Å². The van der Waals surface area contributed by atoms with Gasteiger partial charge in [0.05, 0.1) is 6.26 Å². The molecule has 0 aromatic carbocycles. The largest absolute Gasteiger partial charge is 0.469 e. The average Bonchev–Trinajstić information content (AvgIpc) is 2.61. The van der Waals surface area contributed by atoms with Crippen LogP contribution in [0.2, 0.25) is 0 Å². The standard InChI is InChI=1S/C9H13NO/c1-10-6-7-5-8(7)9-3-2-4-11-9/h2-4,7-8,10H,5-6H2,1H3. The molecule has 0 amide bonds. The fourth-order valence-corrected chi connectivity index (χ4v) is 1.59. The molecular weight excluding hydrogens is 138 g/mol. The van der Waals surface area contributed by atoms with Crippen LogP contribution in [0.25, 0.3) is 0 Å². The number of rotatable bonds is 3. The fourth-order valence-electron chi connectivity index (χ4n) is 1.59. The van der Waals surface area contributed by atoms with E-state index in [0.717, 1.165) is 18.2 Å². The molecule has 2 atom stereocenters. The lowest BCUT2D eigenvalue weighted by molar-refractivity contribution is 0.501. The average molecular weight is 151 g/mol. The quantitative estimate of drug-likeness (QED) is 0.709. The Morgan fingerprint density at radius 3 is 3.27 bits per heavy atom. The van der Waals surface area contributed by atoms with Crippen molar-refractivity contribution in [1.29, 1.82) is 0 Å². The van der Waals surface area contributed by atoms with E-state index in [1.807, 2.05) is 13.1 Å². The molecule has 1 saturated carbocycles. The van der Waals surface area contributed by atoms with Gasteiger partial charge in [0, 0.05) is 5.92 Å². The van der Waals surface area contributed by atoms with Crippen molar-refractivity contribution < 1.29 is 4.42 Å². The summed E-state index contributed by atoms with van der Waals surface area (Å²) >= 11 is 0. The predicted molar refractivity (Wildman–Crippen MR) is 43.5 cm³/mol. The molecule has 1 heterocycles. The second kappa shape index (κ2) is 2.70. The molecule has 0 saturated heterocycles. The highest BCUT2D eigenvalue weighted by atomic mass is 16.3. The molecule has 0 radical (unpaired) electrons. The van der Waals surface area contributed by atoms with Crippen molar-refractivity contribution in [2.45, 2.75) is 12.3 Å². The van der Waals surface area contributed by atoms with Crippen LogP contribution < -0.4 is 5.32 Å². The van der Waals surface area contributed by atoms with Crippen LogP contribution in [0.4, 0.5) is 0 Å². The van der Waals surface area contributed by atoms with Gasteiger partial charge < -0.3 is 9.73 Å². The van der Waals surface area contributed by atoms with Crippen molar-refractivity contribution >= 4 is 0 Å². The maximum Gasteiger partial charge on any atom is 0.107 e. The van der Waals surface area contributed by atoms with Crippen molar-refractivity contribution in [3.05, 3.63) is 24.2 Å². The molecular formula is C9H13NO. The Morgan fingerprint density at radius 1 is 1.73 bits per heavy atom. The maximum absolute atomic E-state index is 5.31. The summed E-state index contributed by atoms with van der Waals surface area (Å²) in [6.07, 6.45) is 3.04. The summed E-state index contributed by atoms with van der Waals surface area (Å²) in [5.74, 6) is 2.66. The molecule has 1 aromatic rings. The van der Waals surface area contributed by atoms with Crippen LogP contribution in [0, 0.1) is 5.92 Å². The van der Waals surface area contributed by atoms with Gasteiger partial charge in [0.2, 0.25) is 0 Å². The molecule has 1 N–H and O–H groups in total. The highest BCUT2D eigenvalue weighted by Gasteiger charge is 2.39. The van der Waals surface area contributed by atoms with Crippen LogP contribution >= 0.6 is 0 Å². The summed E-state index contributed by atoms with van der Waals surface area (Å²) < 4.78 is 5.31. The van der Waals surface area contributed by atoms with Gasteiger partial charge in [-0.05, 0) is 38.1 Å². The lowest BCUT2D eigenvalue weighted by Crippen LogP contribution is -2.09. The van der Waals surface area contributed by atoms with Gasteiger partial charge in [0.25, 0.3) is 0 Å². The molecule has 2 unspecified atom stereocenters. The molecule has 1 fully saturated rings. The van der Waals surface area contributed by atoms with Gasteiger partial charge in [-0.1, -0.05) is 0 Å². The molecule has 2 heteroatoms. The van der Waals surface area contributed by atoms with Crippen molar-refractivity contribution in [2.24, 2.45) is 5.92 Å². The van der Waals surface area contributed by atoms with Crippen molar-refractivity contribution in [3.8, 4) is 0 Å². The second-order valence-corrected chi connectivity index (χ2v) is 3.18. The fraction of sp³-hybridized carbons (Fsp3) is 0.556. The third-order valence-electron chi connectivity index (χ3n) is 2.30. The summed E-state index contributed by atoms with van der Waals surface area (Å²) in [5.41, 5.74) is 0. The van der Waals surface area contributed by atoms with Gasteiger partial charge in [-0.2, -0.15) is 0 Å². The van der Waals surface area contributed by atoms with Crippen molar-refractivity contribution in [1.82, 2.24) is 5.32 Å². The zero-order valence-corrected chi connectivity index (χ0v) is 6.71. The first-order valence-electron chi connectivity index (χ1n) is 4.10. The van der Waals surface area contributed by atoms with E-state index in [4.69, 9.17) is 4.42 Å². The topological polar surface area (TPSA) is 25.2 Å². The highest BCUT2D eigenvalue weighted by molar-refractivity contribution is 5.15. The molecule has 2 nitrogen and oxygen atoms in total. The van der Waals surface area contributed by atoms with E-state index in [1.165, 1.54) is 6.42 Å².